The summed E-state index contributed by atoms with van der Waals surface area (Å²) in [5, 5.41) is 0.193. The highest BCUT2D eigenvalue weighted by molar-refractivity contribution is 6.33. The van der Waals surface area contributed by atoms with E-state index in [1.165, 1.54) is 18.2 Å². The van der Waals surface area contributed by atoms with Gasteiger partial charge in [0.15, 0.2) is 0 Å². The predicted octanol–water partition coefficient (Wildman–Crippen LogP) is 2.84. The Kier molecular flexibility index (Phi) is 2.92. The molecule has 74 valence electrons. The second-order valence-electron chi connectivity index (χ2n) is 2.48. The second-order valence-corrected chi connectivity index (χ2v) is 2.89. The van der Waals surface area contributed by atoms with Crippen molar-refractivity contribution in [3.8, 4) is 11.8 Å². The van der Waals surface area contributed by atoms with E-state index in [2.05, 4.69) is 0 Å². The minimum Gasteiger partial charge on any atom is -0.398 e. The number of halogens is 4. The molecule has 0 atom stereocenters. The van der Waals surface area contributed by atoms with E-state index in [-0.39, 0.29) is 10.6 Å². The molecule has 0 heterocycles. The van der Waals surface area contributed by atoms with Crippen LogP contribution in [0, 0.1) is 11.8 Å². The van der Waals surface area contributed by atoms with Crippen LogP contribution in [0.2, 0.25) is 5.02 Å². The van der Waals surface area contributed by atoms with Gasteiger partial charge in [0.1, 0.15) is 0 Å². The normalized spacial score (nSPS) is 10.6. The van der Waals surface area contributed by atoms with Crippen molar-refractivity contribution in [3.05, 3.63) is 28.8 Å². The molecule has 0 unspecified atom stereocenters. The van der Waals surface area contributed by atoms with Crippen molar-refractivity contribution in [2.45, 2.75) is 6.18 Å². The number of nitrogen functional groups attached to an aromatic ring is 1. The summed E-state index contributed by atoms with van der Waals surface area (Å²) in [5.74, 6) is 3.07. The molecule has 0 radical (unpaired) electrons. The topological polar surface area (TPSA) is 26.0 Å². The van der Waals surface area contributed by atoms with Crippen LogP contribution < -0.4 is 5.73 Å². The zero-order valence-electron chi connectivity index (χ0n) is 6.82. The van der Waals surface area contributed by atoms with Gasteiger partial charge >= 0.3 is 6.18 Å². The third kappa shape index (κ3) is 3.19. The first-order chi connectivity index (χ1) is 6.38. The molecule has 1 rings (SSSR count). The summed E-state index contributed by atoms with van der Waals surface area (Å²) in [7, 11) is 0. The molecule has 1 aromatic carbocycles. The number of rotatable bonds is 0. The van der Waals surface area contributed by atoms with E-state index in [9.17, 15) is 13.2 Å². The average molecular weight is 220 g/mol. The zero-order chi connectivity index (χ0) is 10.8. The molecule has 0 spiro atoms. The maximum Gasteiger partial charge on any atom is 0.458 e. The molecule has 0 saturated carbocycles. The Morgan fingerprint density at radius 1 is 1.29 bits per heavy atom. The first-order valence-corrected chi connectivity index (χ1v) is 3.91. The van der Waals surface area contributed by atoms with Gasteiger partial charge in [-0.15, -0.1) is 0 Å². The summed E-state index contributed by atoms with van der Waals surface area (Å²) < 4.78 is 35.1. The summed E-state index contributed by atoms with van der Waals surface area (Å²) in [6, 6.07) is 4.07. The smallest absolute Gasteiger partial charge is 0.398 e. The van der Waals surface area contributed by atoms with E-state index in [0.717, 1.165) is 5.92 Å². The van der Waals surface area contributed by atoms with Crippen LogP contribution >= 0.6 is 11.6 Å². The van der Waals surface area contributed by atoms with Crippen LogP contribution in [0.1, 0.15) is 5.56 Å². The standard InChI is InChI=1S/C9H5ClF3N/c10-7-5-6(1-2-8(7)14)3-4-9(11,12)13/h1-2,5H,14H2. The first kappa shape index (κ1) is 10.7. The fourth-order valence-corrected chi connectivity index (χ4v) is 0.928. The van der Waals surface area contributed by atoms with Crippen molar-refractivity contribution in [3.63, 3.8) is 0 Å². The van der Waals surface area contributed by atoms with Gasteiger partial charge in [0.05, 0.1) is 10.7 Å². The summed E-state index contributed by atoms with van der Waals surface area (Å²) in [5.41, 5.74) is 5.86. The lowest BCUT2D eigenvalue weighted by Gasteiger charge is -1.97. The molecule has 1 aromatic rings. The lowest BCUT2D eigenvalue weighted by atomic mass is 10.2. The molecule has 1 nitrogen and oxygen atoms in total. The monoisotopic (exact) mass is 219 g/mol. The van der Waals surface area contributed by atoms with Gasteiger partial charge in [0.2, 0.25) is 0 Å². The van der Waals surface area contributed by atoms with Crippen LogP contribution in [0.3, 0.4) is 0 Å². The van der Waals surface area contributed by atoms with Gasteiger partial charge in [-0.1, -0.05) is 17.5 Å². The van der Waals surface area contributed by atoms with Crippen molar-refractivity contribution < 1.29 is 13.2 Å². The predicted molar refractivity (Wildman–Crippen MR) is 48.8 cm³/mol. The molecule has 0 fully saturated rings. The minimum atomic E-state index is -4.49. The van der Waals surface area contributed by atoms with Gasteiger partial charge in [-0.2, -0.15) is 13.2 Å². The molecule has 0 aliphatic rings. The summed E-state index contributed by atoms with van der Waals surface area (Å²) in [6.07, 6.45) is -4.49. The van der Waals surface area contributed by atoms with Crippen molar-refractivity contribution in [1.29, 1.82) is 0 Å². The van der Waals surface area contributed by atoms with Crippen molar-refractivity contribution >= 4 is 17.3 Å². The van der Waals surface area contributed by atoms with Gasteiger partial charge in [-0.3, -0.25) is 0 Å². The van der Waals surface area contributed by atoms with E-state index in [4.69, 9.17) is 17.3 Å². The molecular formula is C9H5ClF3N. The zero-order valence-corrected chi connectivity index (χ0v) is 7.58. The quantitative estimate of drug-likeness (QED) is 0.527. The number of benzene rings is 1. The summed E-state index contributed by atoms with van der Waals surface area (Å²) >= 11 is 5.59. The fourth-order valence-electron chi connectivity index (χ4n) is 0.748. The Bertz CT molecular complexity index is 401. The Balaban J connectivity index is 2.98. The third-order valence-corrected chi connectivity index (χ3v) is 1.68. The number of hydrogen-bond acceptors (Lipinski definition) is 1. The third-order valence-electron chi connectivity index (χ3n) is 1.35. The van der Waals surface area contributed by atoms with E-state index in [1.807, 2.05) is 5.92 Å². The van der Waals surface area contributed by atoms with Gasteiger partial charge < -0.3 is 5.73 Å². The van der Waals surface area contributed by atoms with Crippen LogP contribution in [0.5, 0.6) is 0 Å². The highest BCUT2D eigenvalue weighted by Gasteiger charge is 2.22. The molecule has 0 bridgehead atoms. The molecule has 14 heavy (non-hydrogen) atoms. The molecule has 0 aliphatic carbocycles. The molecule has 0 aliphatic heterocycles. The van der Waals surface area contributed by atoms with E-state index < -0.39 is 6.18 Å². The van der Waals surface area contributed by atoms with E-state index in [0.29, 0.717) is 5.69 Å². The van der Waals surface area contributed by atoms with Gasteiger partial charge in [0.25, 0.3) is 0 Å². The molecule has 2 N–H and O–H groups in total. The molecule has 0 saturated heterocycles. The van der Waals surface area contributed by atoms with E-state index in [1.54, 1.807) is 0 Å². The van der Waals surface area contributed by atoms with Crippen LogP contribution in [-0.2, 0) is 0 Å². The minimum absolute atomic E-state index is 0.182. The van der Waals surface area contributed by atoms with Crippen molar-refractivity contribution in [2.24, 2.45) is 0 Å². The fraction of sp³-hybridized carbons (Fsp3) is 0.111. The molecule has 0 aromatic heterocycles. The lowest BCUT2D eigenvalue weighted by molar-refractivity contribution is -0.0696. The number of hydrogen-bond donors (Lipinski definition) is 1. The Morgan fingerprint density at radius 3 is 2.43 bits per heavy atom. The van der Waals surface area contributed by atoms with Crippen LogP contribution in [0.4, 0.5) is 18.9 Å². The lowest BCUT2D eigenvalue weighted by Crippen LogP contribution is -2.01. The Hall–Kier alpha value is -1.34. The molecule has 0 amide bonds. The highest BCUT2D eigenvalue weighted by atomic mass is 35.5. The molecular weight excluding hydrogens is 215 g/mol. The first-order valence-electron chi connectivity index (χ1n) is 3.53. The van der Waals surface area contributed by atoms with Crippen molar-refractivity contribution in [1.82, 2.24) is 0 Å². The maximum absolute atomic E-state index is 11.7. The van der Waals surface area contributed by atoms with E-state index >= 15 is 0 Å². The largest absolute Gasteiger partial charge is 0.458 e. The Labute approximate surface area is 83.7 Å². The average Bonchev–Trinajstić information content (AvgIpc) is 2.06. The van der Waals surface area contributed by atoms with Gasteiger partial charge in [0, 0.05) is 11.5 Å². The van der Waals surface area contributed by atoms with Crippen LogP contribution in [0.25, 0.3) is 0 Å². The summed E-state index contributed by atoms with van der Waals surface area (Å²) in [6.45, 7) is 0. The second kappa shape index (κ2) is 3.81. The summed E-state index contributed by atoms with van der Waals surface area (Å²) in [4.78, 5) is 0. The SMILES string of the molecule is Nc1ccc(C#CC(F)(F)F)cc1Cl. The number of nitrogens with two attached hydrogens (primary N) is 1. The van der Waals surface area contributed by atoms with Crippen molar-refractivity contribution in [2.75, 3.05) is 5.73 Å². The van der Waals surface area contributed by atoms with Crippen LogP contribution in [-0.4, -0.2) is 6.18 Å². The van der Waals surface area contributed by atoms with Gasteiger partial charge in [-0.05, 0) is 18.2 Å². The molecule has 5 heteroatoms. The van der Waals surface area contributed by atoms with Crippen LogP contribution in [0.15, 0.2) is 18.2 Å². The number of anilines is 1. The van der Waals surface area contributed by atoms with Gasteiger partial charge in [-0.25, -0.2) is 0 Å². The Morgan fingerprint density at radius 2 is 1.93 bits per heavy atom. The highest BCUT2D eigenvalue weighted by Crippen LogP contribution is 2.19. The number of alkyl halides is 3. The maximum atomic E-state index is 11.7.